The number of hydrogen-bond acceptors (Lipinski definition) is 3. The highest BCUT2D eigenvalue weighted by Gasteiger charge is 2.06. The third-order valence-electron chi connectivity index (χ3n) is 2.43. The van der Waals surface area contributed by atoms with Crippen molar-refractivity contribution in [1.29, 1.82) is 0 Å². The molecule has 0 unspecified atom stereocenters. The summed E-state index contributed by atoms with van der Waals surface area (Å²) in [6.07, 6.45) is 0.409. The molecule has 1 atom stereocenters. The molecule has 94 valence electrons. The highest BCUT2D eigenvalue weighted by atomic mass is 79.9. The second-order valence-electron chi connectivity index (χ2n) is 3.79. The molecule has 1 aromatic rings. The maximum absolute atomic E-state index is 11.1. The van der Waals surface area contributed by atoms with Gasteiger partial charge in [-0.05, 0) is 31.5 Å². The Morgan fingerprint density at radius 1 is 1.53 bits per heavy atom. The number of hydrogen-bond donors (Lipinski definition) is 1. The van der Waals surface area contributed by atoms with Crippen molar-refractivity contribution in [1.82, 2.24) is 5.32 Å². The van der Waals surface area contributed by atoms with Gasteiger partial charge in [-0.15, -0.1) is 0 Å². The number of ether oxygens (including phenoxy) is 1. The zero-order valence-electron chi connectivity index (χ0n) is 10.2. The Morgan fingerprint density at radius 3 is 2.94 bits per heavy atom. The van der Waals surface area contributed by atoms with Gasteiger partial charge in [0.2, 0.25) is 0 Å². The van der Waals surface area contributed by atoms with Crippen LogP contribution in [0.4, 0.5) is 0 Å². The van der Waals surface area contributed by atoms with E-state index in [1.807, 2.05) is 19.1 Å². The number of rotatable bonds is 6. The van der Waals surface area contributed by atoms with E-state index in [0.29, 0.717) is 19.6 Å². The summed E-state index contributed by atoms with van der Waals surface area (Å²) in [6.45, 7) is 4.97. The predicted octanol–water partition coefficient (Wildman–Crippen LogP) is 3.05. The molecule has 0 radical (unpaired) electrons. The van der Waals surface area contributed by atoms with Crippen LogP contribution in [0.2, 0.25) is 0 Å². The number of nitrogens with one attached hydrogen (secondary N) is 1. The zero-order valence-corrected chi connectivity index (χ0v) is 11.8. The lowest BCUT2D eigenvalue weighted by atomic mass is 10.1. The van der Waals surface area contributed by atoms with E-state index in [2.05, 4.69) is 40.3 Å². The number of benzene rings is 1. The van der Waals surface area contributed by atoms with Crippen molar-refractivity contribution in [2.24, 2.45) is 0 Å². The van der Waals surface area contributed by atoms with Crippen LogP contribution in [0.1, 0.15) is 31.9 Å². The van der Waals surface area contributed by atoms with Gasteiger partial charge in [-0.1, -0.05) is 28.1 Å². The highest BCUT2D eigenvalue weighted by molar-refractivity contribution is 9.10. The fourth-order valence-corrected chi connectivity index (χ4v) is 1.93. The predicted molar refractivity (Wildman–Crippen MR) is 71.8 cm³/mol. The Kier molecular flexibility index (Phi) is 6.22. The standard InChI is InChI=1S/C13H18BrNO2/c1-3-17-13(16)7-8-15-10(2)11-5-4-6-12(14)9-11/h4-6,9-10,15H,3,7-8H2,1-2H3/t10-/m1/s1. The van der Waals surface area contributed by atoms with E-state index in [1.165, 1.54) is 5.56 Å². The maximum Gasteiger partial charge on any atom is 0.307 e. The first kappa shape index (κ1) is 14.2. The molecular weight excluding hydrogens is 282 g/mol. The molecule has 0 fully saturated rings. The SMILES string of the molecule is CCOC(=O)CCN[C@H](C)c1cccc(Br)c1. The van der Waals surface area contributed by atoms with Crippen LogP contribution in [0.3, 0.4) is 0 Å². The monoisotopic (exact) mass is 299 g/mol. The average molecular weight is 300 g/mol. The Balaban J connectivity index is 2.35. The fraction of sp³-hybridized carbons (Fsp3) is 0.462. The summed E-state index contributed by atoms with van der Waals surface area (Å²) in [5, 5.41) is 3.29. The van der Waals surface area contributed by atoms with E-state index >= 15 is 0 Å². The van der Waals surface area contributed by atoms with Gasteiger partial charge in [-0.3, -0.25) is 4.79 Å². The topological polar surface area (TPSA) is 38.3 Å². The average Bonchev–Trinajstić information content (AvgIpc) is 2.29. The van der Waals surface area contributed by atoms with Crippen molar-refractivity contribution in [2.45, 2.75) is 26.3 Å². The van der Waals surface area contributed by atoms with Gasteiger partial charge in [0.05, 0.1) is 13.0 Å². The van der Waals surface area contributed by atoms with Gasteiger partial charge in [0, 0.05) is 17.1 Å². The molecule has 1 rings (SSSR count). The lowest BCUT2D eigenvalue weighted by Crippen LogP contribution is -2.22. The third kappa shape index (κ3) is 5.33. The van der Waals surface area contributed by atoms with Crippen LogP contribution in [0.5, 0.6) is 0 Å². The Hall–Kier alpha value is -0.870. The molecule has 0 bridgehead atoms. The minimum atomic E-state index is -0.151. The lowest BCUT2D eigenvalue weighted by molar-refractivity contribution is -0.143. The number of esters is 1. The molecule has 0 amide bonds. The third-order valence-corrected chi connectivity index (χ3v) is 2.93. The first-order chi connectivity index (χ1) is 8.13. The highest BCUT2D eigenvalue weighted by Crippen LogP contribution is 2.17. The Morgan fingerprint density at radius 2 is 2.29 bits per heavy atom. The van der Waals surface area contributed by atoms with Crippen molar-refractivity contribution in [3.05, 3.63) is 34.3 Å². The van der Waals surface area contributed by atoms with Crippen LogP contribution >= 0.6 is 15.9 Å². The molecule has 0 spiro atoms. The quantitative estimate of drug-likeness (QED) is 0.821. The van der Waals surface area contributed by atoms with Crippen LogP contribution in [0.15, 0.2) is 28.7 Å². The van der Waals surface area contributed by atoms with Crippen molar-refractivity contribution < 1.29 is 9.53 Å². The smallest absolute Gasteiger partial charge is 0.307 e. The fourth-order valence-electron chi connectivity index (χ4n) is 1.52. The molecule has 17 heavy (non-hydrogen) atoms. The Labute approximate surface area is 111 Å². The Bertz CT molecular complexity index is 368. The summed E-state index contributed by atoms with van der Waals surface area (Å²) >= 11 is 3.44. The van der Waals surface area contributed by atoms with Gasteiger partial charge in [0.15, 0.2) is 0 Å². The summed E-state index contributed by atoms with van der Waals surface area (Å²) in [5.74, 6) is -0.151. The first-order valence-corrected chi connectivity index (χ1v) is 6.57. The van der Waals surface area contributed by atoms with Gasteiger partial charge < -0.3 is 10.1 Å². The largest absolute Gasteiger partial charge is 0.466 e. The maximum atomic E-state index is 11.1. The lowest BCUT2D eigenvalue weighted by Gasteiger charge is -2.14. The van der Waals surface area contributed by atoms with E-state index in [1.54, 1.807) is 0 Å². The normalized spacial score (nSPS) is 12.2. The minimum Gasteiger partial charge on any atom is -0.466 e. The number of carbonyl (C=O) groups is 1. The molecule has 0 heterocycles. The summed E-state index contributed by atoms with van der Waals surface area (Å²) in [5.41, 5.74) is 1.20. The molecular formula is C13H18BrNO2. The van der Waals surface area contributed by atoms with Crippen molar-refractivity contribution in [3.8, 4) is 0 Å². The van der Waals surface area contributed by atoms with E-state index < -0.39 is 0 Å². The van der Waals surface area contributed by atoms with Crippen LogP contribution in [0.25, 0.3) is 0 Å². The molecule has 0 aliphatic rings. The van der Waals surface area contributed by atoms with Gasteiger partial charge in [0.1, 0.15) is 0 Å². The minimum absolute atomic E-state index is 0.151. The van der Waals surface area contributed by atoms with Gasteiger partial charge >= 0.3 is 5.97 Å². The van der Waals surface area contributed by atoms with Crippen molar-refractivity contribution >= 4 is 21.9 Å². The van der Waals surface area contributed by atoms with Crippen molar-refractivity contribution in [3.63, 3.8) is 0 Å². The molecule has 0 aromatic heterocycles. The second-order valence-corrected chi connectivity index (χ2v) is 4.70. The van der Waals surface area contributed by atoms with Crippen LogP contribution in [-0.4, -0.2) is 19.1 Å². The van der Waals surface area contributed by atoms with E-state index in [-0.39, 0.29) is 12.0 Å². The molecule has 0 aliphatic carbocycles. The van der Waals surface area contributed by atoms with Gasteiger partial charge in [-0.25, -0.2) is 0 Å². The molecule has 0 saturated carbocycles. The second kappa shape index (κ2) is 7.45. The van der Waals surface area contributed by atoms with Crippen LogP contribution in [0, 0.1) is 0 Å². The van der Waals surface area contributed by atoms with Crippen LogP contribution < -0.4 is 5.32 Å². The van der Waals surface area contributed by atoms with E-state index in [0.717, 1.165) is 4.47 Å². The number of carbonyl (C=O) groups excluding carboxylic acids is 1. The van der Waals surface area contributed by atoms with Gasteiger partial charge in [-0.2, -0.15) is 0 Å². The zero-order chi connectivity index (χ0) is 12.7. The van der Waals surface area contributed by atoms with Gasteiger partial charge in [0.25, 0.3) is 0 Å². The summed E-state index contributed by atoms with van der Waals surface area (Å²) in [7, 11) is 0. The summed E-state index contributed by atoms with van der Waals surface area (Å²) < 4.78 is 5.93. The first-order valence-electron chi connectivity index (χ1n) is 5.78. The summed E-state index contributed by atoms with van der Waals surface area (Å²) in [6, 6.07) is 8.36. The van der Waals surface area contributed by atoms with E-state index in [9.17, 15) is 4.79 Å². The van der Waals surface area contributed by atoms with Crippen LogP contribution in [-0.2, 0) is 9.53 Å². The van der Waals surface area contributed by atoms with Crippen molar-refractivity contribution in [2.75, 3.05) is 13.2 Å². The molecule has 0 saturated heterocycles. The molecule has 4 heteroatoms. The van der Waals surface area contributed by atoms with E-state index in [4.69, 9.17) is 4.74 Å². The molecule has 0 aliphatic heterocycles. The molecule has 3 nitrogen and oxygen atoms in total. The molecule has 1 N–H and O–H groups in total. The summed E-state index contributed by atoms with van der Waals surface area (Å²) in [4.78, 5) is 11.1. The molecule has 1 aromatic carbocycles. The number of halogens is 1.